The number of hydrogen-bond acceptors (Lipinski definition) is 5. The average Bonchev–Trinajstić information content (AvgIpc) is 3.01. The van der Waals surface area contributed by atoms with Gasteiger partial charge in [0, 0.05) is 36.8 Å². The Balaban J connectivity index is 1.44. The first-order chi connectivity index (χ1) is 13.5. The molecule has 1 aromatic heterocycles. The molecule has 28 heavy (non-hydrogen) atoms. The second-order valence-electron chi connectivity index (χ2n) is 7.73. The summed E-state index contributed by atoms with van der Waals surface area (Å²) in [4.78, 5) is 25.9. The van der Waals surface area contributed by atoms with Gasteiger partial charge in [-0.2, -0.15) is 0 Å². The molecule has 2 heterocycles. The van der Waals surface area contributed by atoms with Gasteiger partial charge in [0.25, 0.3) is 0 Å². The maximum absolute atomic E-state index is 12.9. The van der Waals surface area contributed by atoms with E-state index in [0.29, 0.717) is 24.5 Å². The lowest BCUT2D eigenvalue weighted by Gasteiger charge is -2.37. The number of aliphatic hydroxyl groups excluding tert-OH is 1. The van der Waals surface area contributed by atoms with Gasteiger partial charge in [-0.15, -0.1) is 0 Å². The SMILES string of the molecule is C[C@@H]1C[C@@H](O)c2ncnc(N3CCN(C(=O)[C@@H](C)c4ccc(Cl)cc4)CC3)c21. The second-order valence-corrected chi connectivity index (χ2v) is 8.17. The number of benzene rings is 1. The van der Waals surface area contributed by atoms with E-state index in [1.807, 2.05) is 36.1 Å². The molecular formula is C21H25ClN4O2. The average molecular weight is 401 g/mol. The zero-order valence-corrected chi connectivity index (χ0v) is 16.9. The van der Waals surface area contributed by atoms with E-state index >= 15 is 0 Å². The van der Waals surface area contributed by atoms with Gasteiger partial charge in [0.15, 0.2) is 0 Å². The minimum Gasteiger partial charge on any atom is -0.387 e. The number of amides is 1. The third kappa shape index (κ3) is 3.47. The van der Waals surface area contributed by atoms with Gasteiger partial charge >= 0.3 is 0 Å². The van der Waals surface area contributed by atoms with Crippen molar-refractivity contribution in [2.24, 2.45) is 0 Å². The molecule has 7 heteroatoms. The summed E-state index contributed by atoms with van der Waals surface area (Å²) in [7, 11) is 0. The molecule has 1 aromatic carbocycles. The number of piperazine rings is 1. The topological polar surface area (TPSA) is 69.6 Å². The maximum Gasteiger partial charge on any atom is 0.229 e. The Morgan fingerprint density at radius 2 is 1.86 bits per heavy atom. The molecule has 1 saturated heterocycles. The van der Waals surface area contributed by atoms with Crippen LogP contribution in [0.25, 0.3) is 0 Å². The van der Waals surface area contributed by atoms with Crippen molar-refractivity contribution in [3.63, 3.8) is 0 Å². The van der Waals surface area contributed by atoms with Crippen LogP contribution in [0.3, 0.4) is 0 Å². The molecule has 4 rings (SSSR count). The zero-order valence-electron chi connectivity index (χ0n) is 16.2. The number of hydrogen-bond donors (Lipinski definition) is 1. The normalized spacial score (nSPS) is 22.9. The van der Waals surface area contributed by atoms with Gasteiger partial charge in [0.2, 0.25) is 5.91 Å². The van der Waals surface area contributed by atoms with Gasteiger partial charge < -0.3 is 14.9 Å². The fourth-order valence-electron chi connectivity index (χ4n) is 4.26. The number of aromatic nitrogens is 2. The highest BCUT2D eigenvalue weighted by atomic mass is 35.5. The van der Waals surface area contributed by atoms with Crippen LogP contribution in [-0.4, -0.2) is 52.1 Å². The summed E-state index contributed by atoms with van der Waals surface area (Å²) in [6, 6.07) is 7.48. The largest absolute Gasteiger partial charge is 0.387 e. The highest BCUT2D eigenvalue weighted by molar-refractivity contribution is 6.30. The first kappa shape index (κ1) is 19.2. The van der Waals surface area contributed by atoms with E-state index in [9.17, 15) is 9.90 Å². The summed E-state index contributed by atoms with van der Waals surface area (Å²) in [5.41, 5.74) is 2.80. The Bertz CT molecular complexity index is 865. The summed E-state index contributed by atoms with van der Waals surface area (Å²) in [6.45, 7) is 6.82. The van der Waals surface area contributed by atoms with E-state index in [1.165, 1.54) is 6.33 Å². The van der Waals surface area contributed by atoms with Gasteiger partial charge in [-0.3, -0.25) is 4.79 Å². The van der Waals surface area contributed by atoms with Crippen molar-refractivity contribution in [2.45, 2.75) is 38.2 Å². The van der Waals surface area contributed by atoms with Crippen LogP contribution in [0.5, 0.6) is 0 Å². The summed E-state index contributed by atoms with van der Waals surface area (Å²) in [5, 5.41) is 10.9. The summed E-state index contributed by atoms with van der Waals surface area (Å²) < 4.78 is 0. The lowest BCUT2D eigenvalue weighted by atomic mass is 9.99. The standard InChI is InChI=1S/C21H25ClN4O2/c1-13-11-17(27)19-18(13)20(24-12-23-19)25-7-9-26(10-8-25)21(28)14(2)15-3-5-16(22)6-4-15/h3-6,12-14,17,27H,7-11H2,1-2H3/t13-,14+,17-/m1/s1. The zero-order chi connectivity index (χ0) is 19.8. The molecule has 2 aliphatic rings. The molecule has 1 fully saturated rings. The quantitative estimate of drug-likeness (QED) is 0.857. The van der Waals surface area contributed by atoms with Gasteiger partial charge in [-0.25, -0.2) is 9.97 Å². The molecule has 1 aliphatic heterocycles. The lowest BCUT2D eigenvalue weighted by Crippen LogP contribution is -2.50. The summed E-state index contributed by atoms with van der Waals surface area (Å²) in [6.07, 6.45) is 1.73. The van der Waals surface area contributed by atoms with Crippen molar-refractivity contribution in [3.05, 3.63) is 52.4 Å². The highest BCUT2D eigenvalue weighted by Crippen LogP contribution is 2.42. The van der Waals surface area contributed by atoms with E-state index in [1.54, 1.807) is 0 Å². The van der Waals surface area contributed by atoms with Crippen molar-refractivity contribution in [1.82, 2.24) is 14.9 Å². The fourth-order valence-corrected chi connectivity index (χ4v) is 4.39. The minimum absolute atomic E-state index is 0.138. The number of anilines is 1. The molecule has 148 valence electrons. The fraction of sp³-hybridized carbons (Fsp3) is 0.476. The molecule has 3 atom stereocenters. The van der Waals surface area contributed by atoms with E-state index in [-0.39, 0.29) is 17.7 Å². The number of nitrogens with zero attached hydrogens (tertiary/aromatic N) is 4. The highest BCUT2D eigenvalue weighted by Gasteiger charge is 2.34. The predicted molar refractivity (Wildman–Crippen MR) is 109 cm³/mol. The molecule has 0 spiro atoms. The Labute approximate surface area is 170 Å². The number of carbonyl (C=O) groups excluding carboxylic acids is 1. The van der Waals surface area contributed by atoms with Crippen LogP contribution in [0.2, 0.25) is 5.02 Å². The number of fused-ring (bicyclic) bond motifs is 1. The molecule has 6 nitrogen and oxygen atoms in total. The summed E-state index contributed by atoms with van der Waals surface area (Å²) in [5.74, 6) is 1.10. The van der Waals surface area contributed by atoms with Gasteiger partial charge in [-0.05, 0) is 37.0 Å². The van der Waals surface area contributed by atoms with Crippen LogP contribution >= 0.6 is 11.6 Å². The summed E-state index contributed by atoms with van der Waals surface area (Å²) >= 11 is 5.95. The molecule has 1 N–H and O–H groups in total. The van der Waals surface area contributed by atoms with Crippen molar-refractivity contribution < 1.29 is 9.90 Å². The van der Waals surface area contributed by atoms with Gasteiger partial charge in [-0.1, -0.05) is 30.7 Å². The van der Waals surface area contributed by atoms with Crippen LogP contribution < -0.4 is 4.90 Å². The smallest absolute Gasteiger partial charge is 0.229 e. The van der Waals surface area contributed by atoms with Crippen molar-refractivity contribution in [1.29, 1.82) is 0 Å². The first-order valence-corrected chi connectivity index (χ1v) is 10.2. The van der Waals surface area contributed by atoms with E-state index in [4.69, 9.17) is 11.6 Å². The van der Waals surface area contributed by atoms with Crippen LogP contribution in [0.15, 0.2) is 30.6 Å². The Kier molecular flexibility index (Phi) is 5.25. The number of aliphatic hydroxyl groups is 1. The molecule has 0 unspecified atom stereocenters. The molecule has 2 aromatic rings. The van der Waals surface area contributed by atoms with Crippen molar-refractivity contribution in [3.8, 4) is 0 Å². The van der Waals surface area contributed by atoms with Crippen LogP contribution in [0, 0.1) is 0 Å². The Hall–Kier alpha value is -2.18. The lowest BCUT2D eigenvalue weighted by molar-refractivity contribution is -0.132. The van der Waals surface area contributed by atoms with E-state index < -0.39 is 6.10 Å². The van der Waals surface area contributed by atoms with Crippen molar-refractivity contribution in [2.75, 3.05) is 31.1 Å². The molecule has 0 saturated carbocycles. The Morgan fingerprint density at radius 3 is 2.54 bits per heavy atom. The first-order valence-electron chi connectivity index (χ1n) is 9.77. The number of rotatable bonds is 3. The molecule has 1 aliphatic carbocycles. The van der Waals surface area contributed by atoms with Crippen LogP contribution in [0.4, 0.5) is 5.82 Å². The van der Waals surface area contributed by atoms with E-state index in [2.05, 4.69) is 21.8 Å². The van der Waals surface area contributed by atoms with Crippen LogP contribution in [-0.2, 0) is 4.79 Å². The maximum atomic E-state index is 12.9. The monoisotopic (exact) mass is 400 g/mol. The van der Waals surface area contributed by atoms with Crippen LogP contribution in [0.1, 0.15) is 55.0 Å². The Morgan fingerprint density at radius 1 is 1.18 bits per heavy atom. The number of halogens is 1. The molecule has 0 bridgehead atoms. The third-order valence-corrected chi connectivity index (χ3v) is 6.16. The molecule has 1 amide bonds. The van der Waals surface area contributed by atoms with Crippen molar-refractivity contribution >= 4 is 23.3 Å². The minimum atomic E-state index is -0.505. The predicted octanol–water partition coefficient (Wildman–Crippen LogP) is 3.12. The second kappa shape index (κ2) is 7.68. The van der Waals surface area contributed by atoms with Gasteiger partial charge in [0.1, 0.15) is 12.1 Å². The molecule has 0 radical (unpaired) electrons. The third-order valence-electron chi connectivity index (χ3n) is 5.91. The molecular weight excluding hydrogens is 376 g/mol. The number of carbonyl (C=O) groups is 1. The van der Waals surface area contributed by atoms with Gasteiger partial charge in [0.05, 0.1) is 17.7 Å². The van der Waals surface area contributed by atoms with E-state index in [0.717, 1.165) is 35.7 Å².